The third-order valence-corrected chi connectivity index (χ3v) is 1.88. The fourth-order valence-electron chi connectivity index (χ4n) is 1.26. The first-order chi connectivity index (χ1) is 6.18. The second-order valence-corrected chi connectivity index (χ2v) is 3.00. The molecular weight excluding hydrogens is 171 g/mol. The van der Waals surface area contributed by atoms with Gasteiger partial charge >= 0.3 is 0 Å². The van der Waals surface area contributed by atoms with Crippen LogP contribution in [0.5, 0.6) is 0 Å². The highest BCUT2D eigenvalue weighted by Gasteiger charge is 2.12. The second-order valence-electron chi connectivity index (χ2n) is 3.00. The van der Waals surface area contributed by atoms with E-state index in [9.17, 15) is 4.39 Å². The maximum atomic E-state index is 12.8. The van der Waals surface area contributed by atoms with Gasteiger partial charge in [-0.2, -0.15) is 0 Å². The molecule has 1 aromatic heterocycles. The summed E-state index contributed by atoms with van der Waals surface area (Å²) in [6.45, 7) is 1.77. The highest BCUT2D eigenvalue weighted by atomic mass is 19.1. The molecule has 3 nitrogen and oxygen atoms in total. The van der Waals surface area contributed by atoms with E-state index in [0.29, 0.717) is 16.7 Å². The van der Waals surface area contributed by atoms with Gasteiger partial charge in [0.1, 0.15) is 11.3 Å². The molecule has 68 valence electrons. The van der Waals surface area contributed by atoms with Gasteiger partial charge in [0.2, 0.25) is 0 Å². The third kappa shape index (κ3) is 1.29. The summed E-state index contributed by atoms with van der Waals surface area (Å²) >= 11 is 0. The zero-order valence-electron chi connectivity index (χ0n) is 7.12. The topological polar surface area (TPSA) is 52.0 Å². The molecular formula is C9H9FN2O. The Labute approximate surface area is 74.3 Å². The Bertz CT molecular complexity index is 436. The van der Waals surface area contributed by atoms with Crippen LogP contribution < -0.4 is 5.73 Å². The van der Waals surface area contributed by atoms with Crippen molar-refractivity contribution in [1.82, 2.24) is 5.16 Å². The molecule has 0 saturated carbocycles. The van der Waals surface area contributed by atoms with Gasteiger partial charge < -0.3 is 10.3 Å². The van der Waals surface area contributed by atoms with Gasteiger partial charge in [0.15, 0.2) is 5.76 Å². The molecule has 0 saturated heterocycles. The first-order valence-corrected chi connectivity index (χ1v) is 3.99. The molecule has 1 aromatic carbocycles. The number of nitrogens with two attached hydrogens (primary N) is 1. The quantitative estimate of drug-likeness (QED) is 0.730. The zero-order chi connectivity index (χ0) is 9.42. The molecule has 0 fully saturated rings. The van der Waals surface area contributed by atoms with Crippen molar-refractivity contribution in [2.75, 3.05) is 0 Å². The van der Waals surface area contributed by atoms with Crippen LogP contribution in [0.25, 0.3) is 10.9 Å². The van der Waals surface area contributed by atoms with E-state index in [1.807, 2.05) is 0 Å². The maximum absolute atomic E-state index is 12.8. The minimum absolute atomic E-state index is 0.271. The van der Waals surface area contributed by atoms with E-state index in [2.05, 4.69) is 5.16 Å². The average Bonchev–Trinajstić information content (AvgIpc) is 2.46. The predicted octanol–water partition coefficient (Wildman–Crippen LogP) is 1.99. The molecule has 0 bridgehead atoms. The Kier molecular flexibility index (Phi) is 1.77. The van der Waals surface area contributed by atoms with E-state index in [0.717, 1.165) is 0 Å². The van der Waals surface area contributed by atoms with E-state index in [4.69, 9.17) is 10.3 Å². The van der Waals surface area contributed by atoms with Crippen LogP contribution in [0, 0.1) is 5.82 Å². The largest absolute Gasteiger partial charge is 0.358 e. The van der Waals surface area contributed by atoms with Gasteiger partial charge in [-0.15, -0.1) is 0 Å². The van der Waals surface area contributed by atoms with Crippen LogP contribution in [-0.2, 0) is 0 Å². The van der Waals surface area contributed by atoms with Crippen LogP contribution in [0.3, 0.4) is 0 Å². The number of aromatic nitrogens is 1. The smallest absolute Gasteiger partial charge is 0.161 e. The Balaban J connectivity index is 2.71. The van der Waals surface area contributed by atoms with Crippen LogP contribution >= 0.6 is 0 Å². The highest BCUT2D eigenvalue weighted by Crippen LogP contribution is 2.23. The van der Waals surface area contributed by atoms with E-state index >= 15 is 0 Å². The fraction of sp³-hybridized carbons (Fsp3) is 0.222. The summed E-state index contributed by atoms with van der Waals surface area (Å²) in [6.07, 6.45) is 0. The van der Waals surface area contributed by atoms with Crippen molar-refractivity contribution in [2.24, 2.45) is 5.73 Å². The number of hydrogen-bond acceptors (Lipinski definition) is 3. The summed E-state index contributed by atoms with van der Waals surface area (Å²) < 4.78 is 17.8. The van der Waals surface area contributed by atoms with Crippen molar-refractivity contribution in [3.05, 3.63) is 29.8 Å². The lowest BCUT2D eigenvalue weighted by Crippen LogP contribution is -2.03. The first kappa shape index (κ1) is 8.19. The maximum Gasteiger partial charge on any atom is 0.161 e. The van der Waals surface area contributed by atoms with Crippen molar-refractivity contribution in [1.29, 1.82) is 0 Å². The number of hydrogen-bond donors (Lipinski definition) is 1. The van der Waals surface area contributed by atoms with Gasteiger partial charge in [0.25, 0.3) is 0 Å². The minimum Gasteiger partial charge on any atom is -0.358 e. The summed E-state index contributed by atoms with van der Waals surface area (Å²) in [6, 6.07) is 4.02. The van der Waals surface area contributed by atoms with Crippen molar-refractivity contribution < 1.29 is 8.91 Å². The van der Waals surface area contributed by atoms with E-state index in [1.165, 1.54) is 12.1 Å². The Morgan fingerprint density at radius 3 is 3.00 bits per heavy atom. The molecule has 13 heavy (non-hydrogen) atoms. The average molecular weight is 180 g/mol. The third-order valence-electron chi connectivity index (χ3n) is 1.88. The van der Waals surface area contributed by atoms with Crippen molar-refractivity contribution in [3.8, 4) is 0 Å². The van der Waals surface area contributed by atoms with Gasteiger partial charge in [-0.3, -0.25) is 0 Å². The lowest BCUT2D eigenvalue weighted by molar-refractivity contribution is 0.375. The van der Waals surface area contributed by atoms with Crippen LogP contribution in [0.1, 0.15) is 18.7 Å². The molecule has 0 spiro atoms. The molecule has 1 atom stereocenters. The van der Waals surface area contributed by atoms with Crippen LogP contribution in [0.4, 0.5) is 4.39 Å². The SMILES string of the molecule is CC(N)c1onc2ccc(F)cc12. The van der Waals surface area contributed by atoms with Gasteiger partial charge in [-0.1, -0.05) is 5.16 Å². The summed E-state index contributed by atoms with van der Waals surface area (Å²) in [5, 5.41) is 4.41. The normalized spacial score (nSPS) is 13.5. The molecule has 0 aliphatic carbocycles. The van der Waals surface area contributed by atoms with Gasteiger partial charge in [0.05, 0.1) is 6.04 Å². The molecule has 2 aromatic rings. The lowest BCUT2D eigenvalue weighted by atomic mass is 10.1. The summed E-state index contributed by atoms with van der Waals surface area (Å²) in [7, 11) is 0. The van der Waals surface area contributed by atoms with Crippen molar-refractivity contribution >= 4 is 10.9 Å². The van der Waals surface area contributed by atoms with Crippen LogP contribution in [-0.4, -0.2) is 5.16 Å². The molecule has 2 rings (SSSR count). The standard InChI is InChI=1S/C9H9FN2O/c1-5(11)9-7-4-6(10)2-3-8(7)12-13-9/h2-5H,11H2,1H3. The molecule has 1 unspecified atom stereocenters. The van der Waals surface area contributed by atoms with Gasteiger partial charge in [-0.25, -0.2) is 4.39 Å². The van der Waals surface area contributed by atoms with E-state index < -0.39 is 0 Å². The molecule has 4 heteroatoms. The molecule has 0 amide bonds. The van der Waals surface area contributed by atoms with Gasteiger partial charge in [-0.05, 0) is 25.1 Å². The Morgan fingerprint density at radius 1 is 1.54 bits per heavy atom. The zero-order valence-corrected chi connectivity index (χ0v) is 7.12. The number of rotatable bonds is 1. The lowest BCUT2D eigenvalue weighted by Gasteiger charge is -1.98. The number of fused-ring (bicyclic) bond motifs is 1. The van der Waals surface area contributed by atoms with Crippen molar-refractivity contribution in [2.45, 2.75) is 13.0 Å². The number of halogens is 1. The fourth-order valence-corrected chi connectivity index (χ4v) is 1.26. The Hall–Kier alpha value is -1.42. The number of benzene rings is 1. The minimum atomic E-state index is -0.308. The number of nitrogens with zero attached hydrogens (tertiary/aromatic N) is 1. The summed E-state index contributed by atoms with van der Waals surface area (Å²) in [5.41, 5.74) is 6.25. The van der Waals surface area contributed by atoms with Crippen molar-refractivity contribution in [3.63, 3.8) is 0 Å². The van der Waals surface area contributed by atoms with Crippen LogP contribution in [0.2, 0.25) is 0 Å². The Morgan fingerprint density at radius 2 is 2.31 bits per heavy atom. The van der Waals surface area contributed by atoms with E-state index in [-0.39, 0.29) is 11.9 Å². The molecule has 0 aliphatic heterocycles. The molecule has 0 radical (unpaired) electrons. The monoisotopic (exact) mass is 180 g/mol. The summed E-state index contributed by atoms with van der Waals surface area (Å²) in [5.74, 6) is 0.215. The van der Waals surface area contributed by atoms with Gasteiger partial charge in [0, 0.05) is 5.39 Å². The predicted molar refractivity (Wildman–Crippen MR) is 46.6 cm³/mol. The molecule has 2 N–H and O–H groups in total. The second kappa shape index (κ2) is 2.81. The van der Waals surface area contributed by atoms with Crippen LogP contribution in [0.15, 0.2) is 22.7 Å². The first-order valence-electron chi connectivity index (χ1n) is 3.99. The van der Waals surface area contributed by atoms with E-state index in [1.54, 1.807) is 13.0 Å². The molecule has 1 heterocycles. The molecule has 0 aliphatic rings. The highest BCUT2D eigenvalue weighted by molar-refractivity contribution is 5.80. The summed E-state index contributed by atoms with van der Waals surface area (Å²) in [4.78, 5) is 0.